The summed E-state index contributed by atoms with van der Waals surface area (Å²) in [6.07, 6.45) is -2.08. The van der Waals surface area contributed by atoms with Gasteiger partial charge in [0.15, 0.2) is 12.2 Å². The van der Waals surface area contributed by atoms with Crippen LogP contribution in [0.5, 0.6) is 0 Å². The molecule has 0 aliphatic carbocycles. The van der Waals surface area contributed by atoms with Crippen LogP contribution in [0.4, 0.5) is 0 Å². The highest BCUT2D eigenvalue weighted by Gasteiger charge is 2.46. The minimum Gasteiger partial charge on any atom is -0.464 e. The maximum atomic E-state index is 11.5. The van der Waals surface area contributed by atoms with Crippen molar-refractivity contribution < 1.29 is 28.5 Å². The lowest BCUT2D eigenvalue weighted by Gasteiger charge is -2.13. The minimum absolute atomic E-state index is 0.222. The maximum Gasteiger partial charge on any atom is 0.338 e. The first kappa shape index (κ1) is 13.7. The van der Waals surface area contributed by atoms with Crippen molar-refractivity contribution in [3.8, 4) is 0 Å². The number of esters is 2. The number of hydrogen-bond acceptors (Lipinski definition) is 6. The van der Waals surface area contributed by atoms with Crippen LogP contribution in [-0.4, -0.2) is 41.7 Å². The first-order valence-electron chi connectivity index (χ1n) is 4.88. The van der Waals surface area contributed by atoms with Gasteiger partial charge in [-0.15, -0.1) is 0 Å². The van der Waals surface area contributed by atoms with Crippen molar-refractivity contribution in [2.24, 2.45) is 0 Å². The van der Waals surface area contributed by atoms with Crippen molar-refractivity contribution in [3.63, 3.8) is 0 Å². The number of alkyl halides is 1. The molecule has 0 radical (unpaired) electrons. The van der Waals surface area contributed by atoms with E-state index in [1.807, 2.05) is 22.6 Å². The normalized spacial score (nSPS) is 28.8. The predicted molar refractivity (Wildman–Crippen MR) is 60.8 cm³/mol. The van der Waals surface area contributed by atoms with Gasteiger partial charge < -0.3 is 18.9 Å². The highest BCUT2D eigenvalue weighted by Crippen LogP contribution is 2.25. The molecule has 0 spiro atoms. The highest BCUT2D eigenvalue weighted by molar-refractivity contribution is 14.1. The summed E-state index contributed by atoms with van der Waals surface area (Å²) in [5, 5.41) is 0. The fourth-order valence-electron chi connectivity index (χ4n) is 1.21. The summed E-state index contributed by atoms with van der Waals surface area (Å²) >= 11 is 1.83. The third-order valence-corrected chi connectivity index (χ3v) is 2.41. The van der Waals surface area contributed by atoms with E-state index in [4.69, 9.17) is 18.9 Å². The first-order chi connectivity index (χ1) is 7.60. The fraction of sp³-hybridized carbons (Fsp3) is 0.778. The Hall–Kier alpha value is -0.410. The van der Waals surface area contributed by atoms with E-state index in [0.717, 1.165) is 0 Å². The summed E-state index contributed by atoms with van der Waals surface area (Å²) in [7, 11) is 0. The molecule has 1 aliphatic heterocycles. The lowest BCUT2D eigenvalue weighted by Crippen LogP contribution is -2.39. The number of hydrogen-bond donors (Lipinski definition) is 0. The molecule has 6 nitrogen and oxygen atoms in total. The number of halogens is 1. The Bertz CT molecular complexity index is 243. The van der Waals surface area contributed by atoms with Gasteiger partial charge in [0.25, 0.3) is 0 Å². The predicted octanol–water partition coefficient (Wildman–Crippen LogP) is 0.615. The van der Waals surface area contributed by atoms with Gasteiger partial charge in [-0.2, -0.15) is 0 Å². The van der Waals surface area contributed by atoms with Gasteiger partial charge in [-0.3, -0.25) is 0 Å². The summed E-state index contributed by atoms with van der Waals surface area (Å²) in [4.78, 5) is 22.9. The highest BCUT2D eigenvalue weighted by atomic mass is 127. The van der Waals surface area contributed by atoms with E-state index in [2.05, 4.69) is 0 Å². The van der Waals surface area contributed by atoms with Crippen molar-refractivity contribution in [3.05, 3.63) is 0 Å². The molecule has 2 unspecified atom stereocenters. The lowest BCUT2D eigenvalue weighted by atomic mass is 10.2. The molecule has 1 heterocycles. The third kappa shape index (κ3) is 3.29. The number of ether oxygens (including phenoxy) is 4. The zero-order chi connectivity index (χ0) is 12.1. The van der Waals surface area contributed by atoms with Gasteiger partial charge in [0.2, 0.25) is 4.30 Å². The Kier molecular flexibility index (Phi) is 5.42. The van der Waals surface area contributed by atoms with Crippen LogP contribution in [0.1, 0.15) is 13.8 Å². The molecule has 0 bridgehead atoms. The van der Waals surface area contributed by atoms with Gasteiger partial charge in [-0.05, 0) is 36.4 Å². The second kappa shape index (κ2) is 6.36. The summed E-state index contributed by atoms with van der Waals surface area (Å²) in [5.41, 5.74) is 0. The van der Waals surface area contributed by atoms with E-state index in [9.17, 15) is 9.59 Å². The number of rotatable bonds is 4. The van der Waals surface area contributed by atoms with E-state index in [-0.39, 0.29) is 13.2 Å². The van der Waals surface area contributed by atoms with Crippen LogP contribution in [0.2, 0.25) is 0 Å². The zero-order valence-corrected chi connectivity index (χ0v) is 11.1. The van der Waals surface area contributed by atoms with Crippen molar-refractivity contribution in [2.45, 2.75) is 30.4 Å². The Morgan fingerprint density at radius 2 is 1.44 bits per heavy atom. The van der Waals surface area contributed by atoms with Crippen LogP contribution in [0.3, 0.4) is 0 Å². The van der Waals surface area contributed by atoms with E-state index in [1.165, 1.54) is 0 Å². The molecule has 1 aliphatic rings. The van der Waals surface area contributed by atoms with E-state index >= 15 is 0 Å². The van der Waals surface area contributed by atoms with Crippen molar-refractivity contribution in [2.75, 3.05) is 13.2 Å². The quantitative estimate of drug-likeness (QED) is 0.423. The first-order valence-corrected chi connectivity index (χ1v) is 6.13. The van der Waals surface area contributed by atoms with Crippen LogP contribution in [0.25, 0.3) is 0 Å². The van der Waals surface area contributed by atoms with Gasteiger partial charge in [-0.25, -0.2) is 9.59 Å². The van der Waals surface area contributed by atoms with Gasteiger partial charge in [0.05, 0.1) is 13.2 Å². The zero-order valence-electron chi connectivity index (χ0n) is 8.97. The van der Waals surface area contributed by atoms with Crippen molar-refractivity contribution in [1.82, 2.24) is 0 Å². The van der Waals surface area contributed by atoms with Crippen molar-refractivity contribution >= 4 is 34.5 Å². The topological polar surface area (TPSA) is 71.1 Å². The molecule has 7 heteroatoms. The smallest absolute Gasteiger partial charge is 0.338 e. The standard InChI is InChI=1S/C9H13IO6/c1-3-13-7(11)5-6(8(12)14-4-2)16-9(10)15-5/h5-6,9H,3-4H2,1-2H3. The Morgan fingerprint density at radius 1 is 1.06 bits per heavy atom. The van der Waals surface area contributed by atoms with Crippen LogP contribution < -0.4 is 0 Å². The molecule has 0 amide bonds. The molecule has 2 atom stereocenters. The van der Waals surface area contributed by atoms with Gasteiger partial charge in [0, 0.05) is 0 Å². The molecule has 0 aromatic rings. The molecule has 1 fully saturated rings. The molecule has 16 heavy (non-hydrogen) atoms. The van der Waals surface area contributed by atoms with Crippen molar-refractivity contribution in [1.29, 1.82) is 0 Å². The summed E-state index contributed by atoms with van der Waals surface area (Å²) < 4.78 is 19.2. The molecule has 0 N–H and O–H groups in total. The average molecular weight is 344 g/mol. The second-order valence-corrected chi connectivity index (χ2v) is 3.91. The van der Waals surface area contributed by atoms with Gasteiger partial charge >= 0.3 is 11.9 Å². The van der Waals surface area contributed by atoms with Crippen LogP contribution in [-0.2, 0) is 28.5 Å². The lowest BCUT2D eigenvalue weighted by molar-refractivity contribution is -0.163. The number of carbonyl (C=O) groups excluding carboxylic acids is 2. The van der Waals surface area contributed by atoms with E-state index in [1.54, 1.807) is 13.8 Å². The third-order valence-electron chi connectivity index (χ3n) is 1.82. The molecule has 1 saturated heterocycles. The summed E-state index contributed by atoms with van der Waals surface area (Å²) in [6, 6.07) is 0. The van der Waals surface area contributed by atoms with Crippen LogP contribution >= 0.6 is 22.6 Å². The molecule has 0 aromatic carbocycles. The SMILES string of the molecule is CCOC(=O)C1OC(I)OC1C(=O)OCC. The van der Waals surface area contributed by atoms with Gasteiger partial charge in [0.1, 0.15) is 0 Å². The molecule has 92 valence electrons. The number of carbonyl (C=O) groups is 2. The van der Waals surface area contributed by atoms with Crippen LogP contribution in [0.15, 0.2) is 0 Å². The monoisotopic (exact) mass is 344 g/mol. The second-order valence-electron chi connectivity index (χ2n) is 2.89. The van der Waals surface area contributed by atoms with E-state index < -0.39 is 28.4 Å². The molecular formula is C9H13IO6. The largest absolute Gasteiger partial charge is 0.464 e. The van der Waals surface area contributed by atoms with E-state index in [0.29, 0.717) is 0 Å². The van der Waals surface area contributed by atoms with Gasteiger partial charge in [-0.1, -0.05) is 0 Å². The fourth-order valence-corrected chi connectivity index (χ4v) is 1.85. The molecular weight excluding hydrogens is 331 g/mol. The Balaban J connectivity index is 2.66. The molecule has 1 rings (SSSR count). The maximum absolute atomic E-state index is 11.5. The van der Waals surface area contributed by atoms with Crippen LogP contribution in [0, 0.1) is 0 Å². The molecule has 0 aromatic heterocycles. The molecule has 0 saturated carbocycles. The average Bonchev–Trinajstić information content (AvgIpc) is 2.61. The Morgan fingerprint density at radius 3 is 1.75 bits per heavy atom. The summed E-state index contributed by atoms with van der Waals surface area (Å²) in [5.74, 6) is -1.22. The Labute approximate surface area is 107 Å². The summed E-state index contributed by atoms with van der Waals surface area (Å²) in [6.45, 7) is 3.80. The minimum atomic E-state index is -1.04.